The van der Waals surface area contributed by atoms with Gasteiger partial charge in [-0.15, -0.1) is 0 Å². The number of unbranched alkanes of at least 4 members (excludes halogenated alkanes) is 7. The summed E-state index contributed by atoms with van der Waals surface area (Å²) in [6.45, 7) is 2.24. The Morgan fingerprint density at radius 1 is 0.839 bits per heavy atom. The van der Waals surface area contributed by atoms with E-state index in [0.717, 1.165) is 6.42 Å². The number of nitro groups is 1. The van der Waals surface area contributed by atoms with Gasteiger partial charge in [-0.1, -0.05) is 100 Å². The van der Waals surface area contributed by atoms with E-state index in [1.54, 1.807) is 12.2 Å². The molecule has 0 aromatic heterocycles. The van der Waals surface area contributed by atoms with E-state index in [9.17, 15) is 14.9 Å². The van der Waals surface area contributed by atoms with Crippen molar-refractivity contribution in [1.29, 1.82) is 0 Å². The molecule has 1 aromatic rings. The van der Waals surface area contributed by atoms with E-state index < -0.39 is 10.9 Å². The third-order valence-electron chi connectivity index (χ3n) is 4.39. The van der Waals surface area contributed by atoms with Gasteiger partial charge in [-0.05, 0) is 25.0 Å². The number of nitro benzene ring substituents is 1. The number of non-ortho nitro benzene ring substituents is 1. The number of carbonyl (C=O) groups is 1. The number of ether oxygens (including phenoxy) is 1. The first kappa shape index (κ1) is 25.8. The Bertz CT molecular complexity index is 786. The van der Waals surface area contributed by atoms with Gasteiger partial charge in [0.05, 0.1) is 4.92 Å². The highest BCUT2D eigenvalue weighted by molar-refractivity contribution is 5.84. The Morgan fingerprint density at radius 2 is 1.39 bits per heavy atom. The molecule has 0 aliphatic rings. The van der Waals surface area contributed by atoms with E-state index in [2.05, 4.69) is 19.1 Å². The van der Waals surface area contributed by atoms with Crippen LogP contribution in [-0.4, -0.2) is 10.9 Å². The summed E-state index contributed by atoms with van der Waals surface area (Å²) in [4.78, 5) is 21.8. The van der Waals surface area contributed by atoms with Gasteiger partial charge >= 0.3 is 5.97 Å². The summed E-state index contributed by atoms with van der Waals surface area (Å²) in [7, 11) is 0. The van der Waals surface area contributed by atoms with Gasteiger partial charge in [-0.25, -0.2) is 4.79 Å². The molecule has 0 amide bonds. The minimum Gasteiger partial charge on any atom is -0.423 e. The van der Waals surface area contributed by atoms with Crippen molar-refractivity contribution in [2.45, 2.75) is 58.3 Å². The van der Waals surface area contributed by atoms with E-state index in [4.69, 9.17) is 4.74 Å². The van der Waals surface area contributed by atoms with Gasteiger partial charge in [-0.3, -0.25) is 10.1 Å². The highest BCUT2D eigenvalue weighted by atomic mass is 16.6. The molecule has 0 aliphatic carbocycles. The zero-order chi connectivity index (χ0) is 22.6. The van der Waals surface area contributed by atoms with Crippen molar-refractivity contribution in [2.75, 3.05) is 0 Å². The van der Waals surface area contributed by atoms with Gasteiger partial charge in [0.25, 0.3) is 5.69 Å². The third-order valence-corrected chi connectivity index (χ3v) is 4.39. The van der Waals surface area contributed by atoms with Gasteiger partial charge in [0.1, 0.15) is 5.75 Å². The lowest BCUT2D eigenvalue weighted by Crippen LogP contribution is -2.03. The van der Waals surface area contributed by atoms with Crippen LogP contribution in [0.3, 0.4) is 0 Å². The predicted octanol–water partition coefficient (Wildman–Crippen LogP) is 7.42. The van der Waals surface area contributed by atoms with Crippen molar-refractivity contribution in [1.82, 2.24) is 0 Å². The molecule has 0 bridgehead atoms. The third kappa shape index (κ3) is 14.4. The minimum atomic E-state index is -0.548. The second kappa shape index (κ2) is 17.6. The molecule has 0 spiro atoms. The van der Waals surface area contributed by atoms with Crippen molar-refractivity contribution >= 4 is 11.7 Å². The molecule has 0 atom stereocenters. The van der Waals surface area contributed by atoms with Crippen molar-refractivity contribution in [3.63, 3.8) is 0 Å². The van der Waals surface area contributed by atoms with Crippen LogP contribution in [0.2, 0.25) is 0 Å². The second-order valence-electron chi connectivity index (χ2n) is 7.02. The summed E-state index contributed by atoms with van der Waals surface area (Å²) in [5.74, 6) is -0.289. The topological polar surface area (TPSA) is 69.4 Å². The molecule has 31 heavy (non-hydrogen) atoms. The Labute approximate surface area is 185 Å². The zero-order valence-corrected chi connectivity index (χ0v) is 18.3. The van der Waals surface area contributed by atoms with Crippen LogP contribution < -0.4 is 4.74 Å². The van der Waals surface area contributed by atoms with Crippen LogP contribution in [0.25, 0.3) is 0 Å². The summed E-state index contributed by atoms with van der Waals surface area (Å²) in [5, 5.41) is 10.6. The van der Waals surface area contributed by atoms with Crippen molar-refractivity contribution < 1.29 is 14.5 Å². The summed E-state index contributed by atoms with van der Waals surface area (Å²) in [5.41, 5.74) is -0.0530. The standard InChI is InChI=1S/C26H33NO4/c1-2-3-4-5-6-7-8-9-10-11-12-13-14-15-16-17-18-19-26(28)31-25-22-20-24(21-23-25)27(29)30/h10-23H,2-9H2,1H3/b11-10+,13-12+,15-14+,17-16+,19-18+. The molecular weight excluding hydrogens is 390 g/mol. The number of carbonyl (C=O) groups excluding carboxylic acids is 1. The maximum Gasteiger partial charge on any atom is 0.336 e. The van der Waals surface area contributed by atoms with Crippen LogP contribution in [0.15, 0.2) is 85.0 Å². The molecule has 0 N–H and O–H groups in total. The molecule has 1 rings (SSSR count). The lowest BCUT2D eigenvalue weighted by atomic mass is 10.1. The number of benzene rings is 1. The van der Waals surface area contributed by atoms with Gasteiger partial charge < -0.3 is 4.74 Å². The first-order valence-corrected chi connectivity index (χ1v) is 10.9. The highest BCUT2D eigenvalue weighted by Crippen LogP contribution is 2.17. The molecule has 5 nitrogen and oxygen atoms in total. The lowest BCUT2D eigenvalue weighted by Gasteiger charge is -1.99. The second-order valence-corrected chi connectivity index (χ2v) is 7.02. The molecule has 0 saturated heterocycles. The molecule has 0 saturated carbocycles. The zero-order valence-electron chi connectivity index (χ0n) is 18.3. The molecule has 0 heterocycles. The molecule has 0 radical (unpaired) electrons. The lowest BCUT2D eigenvalue weighted by molar-refractivity contribution is -0.384. The fourth-order valence-electron chi connectivity index (χ4n) is 2.70. The van der Waals surface area contributed by atoms with Crippen LogP contribution >= 0.6 is 0 Å². The van der Waals surface area contributed by atoms with Crippen LogP contribution in [0, 0.1) is 10.1 Å². The number of rotatable bonds is 15. The average molecular weight is 424 g/mol. The van der Waals surface area contributed by atoms with E-state index >= 15 is 0 Å². The summed E-state index contributed by atoms with van der Waals surface area (Å²) in [6, 6.07) is 5.35. The number of esters is 1. The van der Waals surface area contributed by atoms with Crippen molar-refractivity contribution in [3.8, 4) is 5.75 Å². The molecule has 0 unspecified atom stereocenters. The van der Waals surface area contributed by atoms with Crippen LogP contribution in [-0.2, 0) is 4.79 Å². The highest BCUT2D eigenvalue weighted by Gasteiger charge is 2.05. The fourth-order valence-corrected chi connectivity index (χ4v) is 2.70. The summed E-state index contributed by atoms with van der Waals surface area (Å²) < 4.78 is 5.06. The largest absolute Gasteiger partial charge is 0.423 e. The predicted molar refractivity (Wildman–Crippen MR) is 127 cm³/mol. The number of nitrogens with zero attached hydrogens (tertiary/aromatic N) is 1. The average Bonchev–Trinajstić information content (AvgIpc) is 2.76. The van der Waals surface area contributed by atoms with E-state index in [-0.39, 0.29) is 11.4 Å². The molecule has 1 aromatic carbocycles. The smallest absolute Gasteiger partial charge is 0.336 e. The van der Waals surface area contributed by atoms with E-state index in [0.29, 0.717) is 0 Å². The maximum atomic E-state index is 11.7. The normalized spacial score (nSPS) is 12.2. The molecule has 5 heteroatoms. The number of allylic oxidation sites excluding steroid dienone is 9. The molecule has 166 valence electrons. The maximum absolute atomic E-state index is 11.7. The van der Waals surface area contributed by atoms with Crippen LogP contribution in [0.5, 0.6) is 5.75 Å². The first-order valence-electron chi connectivity index (χ1n) is 10.9. The Balaban J connectivity index is 2.14. The number of hydrogen-bond donors (Lipinski definition) is 0. The van der Waals surface area contributed by atoms with Crippen LogP contribution in [0.1, 0.15) is 58.3 Å². The Kier molecular flexibility index (Phi) is 14.7. The Hall–Kier alpha value is -3.21. The fraction of sp³-hybridized carbons (Fsp3) is 0.346. The van der Waals surface area contributed by atoms with Crippen molar-refractivity contribution in [2.24, 2.45) is 0 Å². The minimum absolute atomic E-state index is 0.0530. The first-order chi connectivity index (χ1) is 15.1. The van der Waals surface area contributed by atoms with Crippen LogP contribution in [0.4, 0.5) is 5.69 Å². The SMILES string of the molecule is CCCCCCCCC/C=C/C=C/C=C/C=C/C=C/C(=O)Oc1ccc([N+](=O)[O-])cc1. The molecule has 0 fully saturated rings. The monoisotopic (exact) mass is 423 g/mol. The quantitative estimate of drug-likeness (QED) is 0.0559. The van der Waals surface area contributed by atoms with Crippen molar-refractivity contribution in [3.05, 3.63) is 95.1 Å². The van der Waals surface area contributed by atoms with Gasteiger partial charge in [0.15, 0.2) is 0 Å². The van der Waals surface area contributed by atoms with E-state index in [1.165, 1.54) is 75.3 Å². The number of hydrogen-bond acceptors (Lipinski definition) is 4. The van der Waals surface area contributed by atoms with Gasteiger partial charge in [-0.2, -0.15) is 0 Å². The van der Waals surface area contributed by atoms with Gasteiger partial charge in [0.2, 0.25) is 0 Å². The summed E-state index contributed by atoms with van der Waals surface area (Å²) in [6.07, 6.45) is 28.9. The molecular formula is C26H33NO4. The molecule has 0 aliphatic heterocycles. The Morgan fingerprint density at radius 3 is 2.00 bits per heavy atom. The van der Waals surface area contributed by atoms with E-state index in [1.807, 2.05) is 30.4 Å². The summed E-state index contributed by atoms with van der Waals surface area (Å²) >= 11 is 0. The van der Waals surface area contributed by atoms with Gasteiger partial charge in [0, 0.05) is 18.2 Å².